The van der Waals surface area contributed by atoms with Crippen molar-refractivity contribution in [3.05, 3.63) is 52.1 Å². The largest absolute Gasteiger partial charge is 0.383 e. The normalized spacial score (nSPS) is 12.0. The molecule has 4 heteroatoms. The molecule has 3 nitrogen and oxygen atoms in total. The number of pyridine rings is 1. The van der Waals surface area contributed by atoms with Crippen LogP contribution in [0.25, 0.3) is 16.9 Å². The molecule has 114 valence electrons. The fourth-order valence-electron chi connectivity index (χ4n) is 2.63. The van der Waals surface area contributed by atoms with Crippen LogP contribution in [-0.2, 0) is 5.41 Å². The first-order chi connectivity index (χ1) is 10.3. The van der Waals surface area contributed by atoms with Crippen LogP contribution in [0.2, 0.25) is 0 Å². The number of aryl methyl sites for hydroxylation is 1. The van der Waals surface area contributed by atoms with Crippen LogP contribution in [0.5, 0.6) is 0 Å². The Morgan fingerprint density at radius 3 is 2.36 bits per heavy atom. The molecule has 2 N–H and O–H groups in total. The Balaban J connectivity index is 2.14. The molecule has 0 aliphatic carbocycles. The molecule has 0 unspecified atom stereocenters. The number of nitrogen functional groups attached to an aromatic ring is 1. The minimum atomic E-state index is 0.143. The summed E-state index contributed by atoms with van der Waals surface area (Å²) in [5.74, 6) is 0.669. The van der Waals surface area contributed by atoms with Gasteiger partial charge in [0.2, 0.25) is 0 Å². The summed E-state index contributed by atoms with van der Waals surface area (Å²) in [6.07, 6.45) is 1.96. The molecule has 0 saturated heterocycles. The summed E-state index contributed by atoms with van der Waals surface area (Å²) in [5.41, 5.74) is 11.6. The number of aromatic nitrogens is 2. The number of benzene rings is 1. The van der Waals surface area contributed by atoms with E-state index in [1.807, 2.05) is 23.6 Å². The molecule has 0 atom stereocenters. The van der Waals surface area contributed by atoms with E-state index >= 15 is 0 Å². The van der Waals surface area contributed by atoms with E-state index in [-0.39, 0.29) is 5.41 Å². The third kappa shape index (κ3) is 2.52. The van der Waals surface area contributed by atoms with Crippen LogP contribution in [0.4, 0.5) is 5.82 Å². The van der Waals surface area contributed by atoms with Crippen LogP contribution in [0.15, 0.2) is 41.0 Å². The van der Waals surface area contributed by atoms with Crippen LogP contribution < -0.4 is 5.73 Å². The summed E-state index contributed by atoms with van der Waals surface area (Å²) in [6.45, 7) is 8.67. The van der Waals surface area contributed by atoms with Crippen molar-refractivity contribution in [3.63, 3.8) is 0 Å². The van der Waals surface area contributed by atoms with Gasteiger partial charge in [0.15, 0.2) is 0 Å². The first-order valence-corrected chi connectivity index (χ1v) is 8.11. The van der Waals surface area contributed by atoms with Gasteiger partial charge in [-0.2, -0.15) is 0 Å². The minimum absolute atomic E-state index is 0.143. The number of nitrogens with two attached hydrogens (primary N) is 1. The minimum Gasteiger partial charge on any atom is -0.383 e. The highest BCUT2D eigenvalue weighted by molar-refractivity contribution is 9.10. The zero-order chi connectivity index (χ0) is 16.1. The lowest BCUT2D eigenvalue weighted by Gasteiger charge is -2.18. The first-order valence-electron chi connectivity index (χ1n) is 7.32. The van der Waals surface area contributed by atoms with E-state index in [4.69, 9.17) is 10.7 Å². The summed E-state index contributed by atoms with van der Waals surface area (Å²) in [6, 6.07) is 10.6. The maximum atomic E-state index is 6.31. The SMILES string of the molecule is Cc1cc(Br)cn2c(N)c(-c3ccc(C(C)(C)C)cc3)nc12. The standard InChI is InChI=1S/C18H20BrN3/c1-11-9-14(19)10-22-16(20)15(21-17(11)22)12-5-7-13(8-6-12)18(2,3)4/h5-10H,20H2,1-4H3. The number of halogens is 1. The van der Waals surface area contributed by atoms with Crippen LogP contribution in [0.1, 0.15) is 31.9 Å². The monoisotopic (exact) mass is 357 g/mol. The first kappa shape index (κ1) is 15.1. The van der Waals surface area contributed by atoms with Gasteiger partial charge in [0.1, 0.15) is 17.2 Å². The highest BCUT2D eigenvalue weighted by Gasteiger charge is 2.16. The molecular formula is C18H20BrN3. The van der Waals surface area contributed by atoms with Crippen molar-refractivity contribution in [2.24, 2.45) is 0 Å². The third-order valence-electron chi connectivity index (χ3n) is 3.93. The van der Waals surface area contributed by atoms with E-state index in [0.717, 1.165) is 26.9 Å². The van der Waals surface area contributed by atoms with E-state index in [9.17, 15) is 0 Å². The Kier molecular flexibility index (Phi) is 3.52. The second-order valence-electron chi connectivity index (χ2n) is 6.71. The van der Waals surface area contributed by atoms with Gasteiger partial charge < -0.3 is 5.73 Å². The molecule has 1 aromatic carbocycles. The summed E-state index contributed by atoms with van der Waals surface area (Å²) in [5, 5.41) is 0. The Morgan fingerprint density at radius 1 is 1.14 bits per heavy atom. The van der Waals surface area contributed by atoms with Gasteiger partial charge in [-0.25, -0.2) is 4.98 Å². The number of hydrogen-bond acceptors (Lipinski definition) is 2. The zero-order valence-electron chi connectivity index (χ0n) is 13.3. The number of imidazole rings is 1. The van der Waals surface area contributed by atoms with Gasteiger partial charge in [-0.15, -0.1) is 0 Å². The van der Waals surface area contributed by atoms with Crippen LogP contribution in [0, 0.1) is 6.92 Å². The number of hydrogen-bond donors (Lipinski definition) is 1. The average molecular weight is 358 g/mol. The van der Waals surface area contributed by atoms with Gasteiger partial charge in [0.25, 0.3) is 0 Å². The molecule has 3 aromatic rings. The fourth-order valence-corrected chi connectivity index (χ4v) is 3.17. The van der Waals surface area contributed by atoms with Gasteiger partial charge in [-0.1, -0.05) is 45.0 Å². The van der Waals surface area contributed by atoms with E-state index in [0.29, 0.717) is 5.82 Å². The molecule has 2 aromatic heterocycles. The maximum Gasteiger partial charge on any atom is 0.142 e. The maximum absolute atomic E-state index is 6.31. The highest BCUT2D eigenvalue weighted by atomic mass is 79.9. The summed E-state index contributed by atoms with van der Waals surface area (Å²) in [4.78, 5) is 4.73. The topological polar surface area (TPSA) is 43.3 Å². The second-order valence-corrected chi connectivity index (χ2v) is 7.62. The predicted octanol–water partition coefficient (Wildman–Crippen LogP) is 4.95. The molecule has 0 aliphatic rings. The highest BCUT2D eigenvalue weighted by Crippen LogP contribution is 2.31. The molecule has 22 heavy (non-hydrogen) atoms. The van der Waals surface area contributed by atoms with Crippen molar-refractivity contribution in [1.82, 2.24) is 9.38 Å². The van der Waals surface area contributed by atoms with Gasteiger partial charge in [0.05, 0.1) is 0 Å². The Labute approximate surface area is 139 Å². The molecule has 3 rings (SSSR count). The van der Waals surface area contributed by atoms with Crippen molar-refractivity contribution in [1.29, 1.82) is 0 Å². The smallest absolute Gasteiger partial charge is 0.142 e. The quantitative estimate of drug-likeness (QED) is 0.669. The molecule has 0 bridgehead atoms. The molecule has 0 amide bonds. The van der Waals surface area contributed by atoms with Crippen molar-refractivity contribution in [2.45, 2.75) is 33.1 Å². The van der Waals surface area contributed by atoms with Crippen LogP contribution >= 0.6 is 15.9 Å². The lowest BCUT2D eigenvalue weighted by Crippen LogP contribution is -2.10. The molecular weight excluding hydrogens is 338 g/mol. The number of rotatable bonds is 1. The van der Waals surface area contributed by atoms with Crippen molar-refractivity contribution < 1.29 is 0 Å². The number of anilines is 1. The van der Waals surface area contributed by atoms with E-state index < -0.39 is 0 Å². The average Bonchev–Trinajstić information content (AvgIpc) is 2.76. The lowest BCUT2D eigenvalue weighted by molar-refractivity contribution is 0.590. The summed E-state index contributed by atoms with van der Waals surface area (Å²) in [7, 11) is 0. The van der Waals surface area contributed by atoms with Gasteiger partial charge >= 0.3 is 0 Å². The van der Waals surface area contributed by atoms with Crippen molar-refractivity contribution in [2.75, 3.05) is 5.73 Å². The van der Waals surface area contributed by atoms with E-state index in [2.05, 4.69) is 61.0 Å². The van der Waals surface area contributed by atoms with Crippen molar-refractivity contribution in [3.8, 4) is 11.3 Å². The molecule has 0 aliphatic heterocycles. The third-order valence-corrected chi connectivity index (χ3v) is 4.37. The second kappa shape index (κ2) is 5.13. The van der Waals surface area contributed by atoms with Gasteiger partial charge in [-0.3, -0.25) is 4.40 Å². The zero-order valence-corrected chi connectivity index (χ0v) is 14.9. The van der Waals surface area contributed by atoms with Gasteiger partial charge in [0, 0.05) is 16.2 Å². The molecule has 2 heterocycles. The summed E-state index contributed by atoms with van der Waals surface area (Å²) >= 11 is 3.51. The lowest BCUT2D eigenvalue weighted by atomic mass is 9.86. The Bertz CT molecular complexity index is 839. The van der Waals surface area contributed by atoms with Gasteiger partial charge in [-0.05, 0) is 45.5 Å². The fraction of sp³-hybridized carbons (Fsp3) is 0.278. The molecule has 0 radical (unpaired) electrons. The summed E-state index contributed by atoms with van der Waals surface area (Å²) < 4.78 is 2.93. The van der Waals surface area contributed by atoms with Crippen LogP contribution in [-0.4, -0.2) is 9.38 Å². The Morgan fingerprint density at radius 2 is 1.77 bits per heavy atom. The Hall–Kier alpha value is -1.81. The molecule has 0 fully saturated rings. The molecule has 0 spiro atoms. The van der Waals surface area contributed by atoms with Crippen molar-refractivity contribution >= 4 is 27.4 Å². The predicted molar refractivity (Wildman–Crippen MR) is 96.2 cm³/mol. The molecule has 0 saturated carbocycles. The number of nitrogens with zero attached hydrogens (tertiary/aromatic N) is 2. The van der Waals surface area contributed by atoms with E-state index in [1.165, 1.54) is 5.56 Å². The van der Waals surface area contributed by atoms with Crippen LogP contribution in [0.3, 0.4) is 0 Å². The van der Waals surface area contributed by atoms with E-state index in [1.54, 1.807) is 0 Å². The number of fused-ring (bicyclic) bond motifs is 1.